The molecule has 0 rings (SSSR count). The van der Waals surface area contributed by atoms with Crippen molar-refractivity contribution in [3.8, 4) is 0 Å². The Labute approximate surface area is 197 Å². The fraction of sp³-hybridized carbons (Fsp3) is 0.500. The first-order valence-corrected chi connectivity index (χ1v) is 8.88. The highest BCUT2D eigenvalue weighted by atomic mass is 35.5. The van der Waals surface area contributed by atoms with Gasteiger partial charge in [0.2, 0.25) is 19.3 Å². The minimum absolute atomic E-state index is 1.21. The van der Waals surface area contributed by atoms with Gasteiger partial charge >= 0.3 is 31.2 Å². The number of hydrogen-bond donors (Lipinski definition) is 7. The molecule has 168 valence electrons. The van der Waals surface area contributed by atoms with Crippen LogP contribution in [0.1, 0.15) is 0 Å². The molecule has 0 aliphatic carbocycles. The quantitative estimate of drug-likeness (QED) is 0.188. The summed E-state index contributed by atoms with van der Waals surface area (Å²) in [5.41, 5.74) is 0. The molecule has 11 nitrogen and oxygen atoms in total. The van der Waals surface area contributed by atoms with Crippen molar-refractivity contribution >= 4 is 124 Å². The van der Waals surface area contributed by atoms with Gasteiger partial charge in [-0.1, -0.05) is 92.8 Å². The topological polar surface area (TPSA) is 210 Å². The zero-order valence-electron chi connectivity index (χ0n) is 12.7. The lowest BCUT2D eigenvalue weighted by molar-refractivity contribution is -0.136. The van der Waals surface area contributed by atoms with Crippen LogP contribution in [0.3, 0.4) is 0 Å². The standard InChI is InChI=1S/4C2H2Cl2O2.BH3O3/c4*3-1(4)2(5)6;2-1(3)4/h4*1H,(H,5,6);2-4H. The summed E-state index contributed by atoms with van der Waals surface area (Å²) in [6.45, 7) is 0. The van der Waals surface area contributed by atoms with Crippen molar-refractivity contribution in [2.24, 2.45) is 0 Å². The van der Waals surface area contributed by atoms with E-state index in [9.17, 15) is 19.2 Å². The summed E-state index contributed by atoms with van der Waals surface area (Å²) in [7, 11) is -2.17. The second kappa shape index (κ2) is 25.2. The molecule has 20 heteroatoms. The minimum Gasteiger partial charge on any atom is -0.479 e. The van der Waals surface area contributed by atoms with E-state index in [1.165, 1.54) is 0 Å². The smallest absolute Gasteiger partial charge is 0.479 e. The van der Waals surface area contributed by atoms with Crippen LogP contribution in [0, 0.1) is 0 Å². The van der Waals surface area contributed by atoms with Crippen LogP contribution in [-0.4, -0.2) is 86.0 Å². The van der Waals surface area contributed by atoms with E-state index in [1.807, 2.05) is 0 Å². The molecule has 0 heterocycles. The molecule has 0 aromatic heterocycles. The molecule has 0 fully saturated rings. The van der Waals surface area contributed by atoms with Crippen molar-refractivity contribution in [1.29, 1.82) is 0 Å². The number of carbonyl (C=O) groups is 4. The molecule has 0 aliphatic rings. The van der Waals surface area contributed by atoms with E-state index in [1.54, 1.807) is 0 Å². The molecule has 28 heavy (non-hydrogen) atoms. The number of carboxylic acid groups (broad SMARTS) is 4. The summed E-state index contributed by atoms with van der Waals surface area (Å²) >= 11 is 38.2. The van der Waals surface area contributed by atoms with Gasteiger partial charge in [-0.05, 0) is 0 Å². The minimum atomic E-state index is -2.17. The van der Waals surface area contributed by atoms with E-state index < -0.39 is 50.5 Å². The fourth-order valence-corrected chi connectivity index (χ4v) is 0. The third-order valence-corrected chi connectivity index (χ3v) is 2.24. The fourth-order valence-electron chi connectivity index (χ4n) is 0. The van der Waals surface area contributed by atoms with Crippen LogP contribution in [-0.2, 0) is 19.2 Å². The highest BCUT2D eigenvalue weighted by Gasteiger charge is 2.07. The summed E-state index contributed by atoms with van der Waals surface area (Å²) in [4.78, 5) is 32.6. The van der Waals surface area contributed by atoms with Gasteiger partial charge in [0.25, 0.3) is 0 Å². The molecule has 0 aromatic carbocycles. The van der Waals surface area contributed by atoms with Gasteiger partial charge in [-0.3, -0.25) is 0 Å². The monoisotopic (exact) mass is 574 g/mol. The normalized spacial score (nSPS) is 8.82. The second-order valence-electron chi connectivity index (χ2n) is 2.90. The molecular weight excluding hydrogens is 567 g/mol. The lowest BCUT2D eigenvalue weighted by Crippen LogP contribution is -2.07. The highest BCUT2D eigenvalue weighted by molar-refractivity contribution is 6.53. The molecule has 0 unspecified atom stereocenters. The van der Waals surface area contributed by atoms with Crippen molar-refractivity contribution < 1.29 is 54.7 Å². The van der Waals surface area contributed by atoms with Gasteiger partial charge in [0.1, 0.15) is 0 Å². The van der Waals surface area contributed by atoms with Gasteiger partial charge in [0.15, 0.2) is 0 Å². The predicted octanol–water partition coefficient (Wildman–Crippen LogP) is 1.45. The van der Waals surface area contributed by atoms with Crippen molar-refractivity contribution in [2.45, 2.75) is 19.3 Å². The Morgan fingerprint density at radius 2 is 0.500 bits per heavy atom. The van der Waals surface area contributed by atoms with Crippen LogP contribution in [0.4, 0.5) is 0 Å². The lowest BCUT2D eigenvalue weighted by atomic mass is 10.3. The summed E-state index contributed by atoms with van der Waals surface area (Å²) in [5.74, 6) is -4.84. The average molecular weight is 578 g/mol. The molecule has 0 radical (unpaired) electrons. The summed E-state index contributed by atoms with van der Waals surface area (Å²) in [5, 5.41) is 52.4. The van der Waals surface area contributed by atoms with E-state index in [-0.39, 0.29) is 0 Å². The average Bonchev–Trinajstić information content (AvgIpc) is 2.47. The number of rotatable bonds is 4. The predicted molar refractivity (Wildman–Crippen MR) is 105 cm³/mol. The summed E-state index contributed by atoms with van der Waals surface area (Å²) in [6, 6.07) is 0. The van der Waals surface area contributed by atoms with E-state index in [2.05, 4.69) is 0 Å². The molecule has 0 bridgehead atoms. The van der Waals surface area contributed by atoms with Crippen molar-refractivity contribution in [3.63, 3.8) is 0 Å². The van der Waals surface area contributed by atoms with E-state index in [0.717, 1.165) is 0 Å². The third kappa shape index (κ3) is 63.4. The Hall–Kier alpha value is 0.145. The molecule has 0 aromatic rings. The largest absolute Gasteiger partial charge is 0.631 e. The van der Waals surface area contributed by atoms with E-state index in [4.69, 9.17) is 128 Å². The Morgan fingerprint density at radius 1 is 0.464 bits per heavy atom. The maximum atomic E-state index is 9.44. The molecule has 0 saturated heterocycles. The Morgan fingerprint density at radius 3 is 0.500 bits per heavy atom. The third-order valence-electron chi connectivity index (χ3n) is 0.747. The molecule has 0 saturated carbocycles. The zero-order chi connectivity index (χ0) is 24.2. The number of aliphatic carboxylic acids is 4. The number of halogens is 8. The van der Waals surface area contributed by atoms with E-state index >= 15 is 0 Å². The van der Waals surface area contributed by atoms with Crippen LogP contribution in [0.25, 0.3) is 0 Å². The maximum absolute atomic E-state index is 9.44. The molecule has 0 spiro atoms. The number of carboxylic acids is 4. The van der Waals surface area contributed by atoms with Gasteiger partial charge in [-0.25, -0.2) is 19.2 Å². The van der Waals surface area contributed by atoms with Crippen LogP contribution in [0.5, 0.6) is 0 Å². The Bertz CT molecular complexity index is 360. The number of hydrogen-bond acceptors (Lipinski definition) is 7. The Kier molecular flexibility index (Phi) is 34.8. The van der Waals surface area contributed by atoms with E-state index in [0.29, 0.717) is 0 Å². The molecule has 7 N–H and O–H groups in total. The van der Waals surface area contributed by atoms with Gasteiger partial charge in [-0.2, -0.15) is 0 Å². The maximum Gasteiger partial charge on any atom is 0.631 e. The first-order valence-electron chi connectivity index (χ1n) is 5.39. The van der Waals surface area contributed by atoms with Gasteiger partial charge in [0.05, 0.1) is 0 Å². The van der Waals surface area contributed by atoms with Crippen LogP contribution in [0.2, 0.25) is 0 Å². The zero-order valence-corrected chi connectivity index (χ0v) is 18.7. The first kappa shape index (κ1) is 38.7. The molecule has 0 aliphatic heterocycles. The summed E-state index contributed by atoms with van der Waals surface area (Å²) < 4.78 is 0. The van der Waals surface area contributed by atoms with Crippen molar-refractivity contribution in [1.82, 2.24) is 0 Å². The molecular formula is C8H11BCl8O11. The lowest BCUT2D eigenvalue weighted by Gasteiger charge is -1.84. The molecule has 0 atom stereocenters. The van der Waals surface area contributed by atoms with Gasteiger partial charge < -0.3 is 35.5 Å². The van der Waals surface area contributed by atoms with Crippen LogP contribution in [0.15, 0.2) is 0 Å². The first-order chi connectivity index (χ1) is 12.3. The van der Waals surface area contributed by atoms with Crippen molar-refractivity contribution in [2.75, 3.05) is 0 Å². The van der Waals surface area contributed by atoms with Crippen LogP contribution < -0.4 is 0 Å². The highest BCUT2D eigenvalue weighted by Crippen LogP contribution is 2.00. The van der Waals surface area contributed by atoms with Crippen molar-refractivity contribution in [3.05, 3.63) is 0 Å². The molecule has 0 amide bonds. The van der Waals surface area contributed by atoms with Crippen LogP contribution >= 0.6 is 92.8 Å². The SMILES string of the molecule is O=C(O)C(Cl)Cl.O=C(O)C(Cl)Cl.O=C(O)C(Cl)Cl.O=C(O)C(Cl)Cl.OB(O)O. The van der Waals surface area contributed by atoms with Gasteiger partial charge in [-0.15, -0.1) is 0 Å². The Balaban J connectivity index is -0.0000000793. The summed E-state index contributed by atoms with van der Waals surface area (Å²) in [6.07, 6.45) is 0. The van der Waals surface area contributed by atoms with Gasteiger partial charge in [0, 0.05) is 0 Å². The second-order valence-corrected chi connectivity index (χ2v) is 7.29. The number of alkyl halides is 8.